The van der Waals surface area contributed by atoms with Crippen molar-refractivity contribution in [2.75, 3.05) is 33.2 Å². The summed E-state index contributed by atoms with van der Waals surface area (Å²) in [4.78, 5) is 12.6. The number of aliphatic hydroxyl groups excluding tert-OH is 1. The Kier molecular flexibility index (Phi) is 15.7. The maximum atomic E-state index is 12.6. The van der Waals surface area contributed by atoms with Crippen molar-refractivity contribution in [1.82, 2.24) is 0 Å². The van der Waals surface area contributed by atoms with Gasteiger partial charge in [0.1, 0.15) is 36.0 Å². The molecule has 0 bridgehead atoms. The van der Waals surface area contributed by atoms with Gasteiger partial charge in [0, 0.05) is 20.1 Å². The molecular weight excluding hydrogens is 701 g/mol. The van der Waals surface area contributed by atoms with Gasteiger partial charge in [0.2, 0.25) is 0 Å². The van der Waals surface area contributed by atoms with Crippen LogP contribution in [0.2, 0.25) is 0 Å². The molecule has 3 aromatic rings. The van der Waals surface area contributed by atoms with Gasteiger partial charge in [-0.15, -0.1) is 11.8 Å². The number of hydrogen-bond donors (Lipinski definition) is 1. The molecule has 290 valence electrons. The Morgan fingerprint density at radius 1 is 0.849 bits per heavy atom. The van der Waals surface area contributed by atoms with Crippen molar-refractivity contribution in [2.24, 2.45) is 5.92 Å². The number of carbonyl (C=O) groups is 1. The third kappa shape index (κ3) is 11.3. The van der Waals surface area contributed by atoms with Crippen molar-refractivity contribution < 1.29 is 52.5 Å². The lowest BCUT2D eigenvalue weighted by Gasteiger charge is -2.50. The van der Waals surface area contributed by atoms with Crippen LogP contribution in [0.5, 0.6) is 0 Å². The first-order valence-electron chi connectivity index (χ1n) is 18.1. The number of benzene rings is 3. The van der Waals surface area contributed by atoms with Crippen molar-refractivity contribution in [3.05, 3.63) is 108 Å². The minimum absolute atomic E-state index is 0.141. The Morgan fingerprint density at radius 3 is 2.08 bits per heavy atom. The van der Waals surface area contributed by atoms with Gasteiger partial charge in [0.25, 0.3) is 0 Å². The molecule has 0 aromatic heterocycles. The summed E-state index contributed by atoms with van der Waals surface area (Å²) in [6, 6.07) is 28.8. The Bertz CT molecular complexity index is 1490. The van der Waals surface area contributed by atoms with E-state index in [0.717, 1.165) is 16.9 Å². The number of methoxy groups -OCH3 is 2. The highest BCUT2D eigenvalue weighted by Gasteiger charge is 2.53. The lowest BCUT2D eigenvalue weighted by molar-refractivity contribution is -0.351. The smallest absolute Gasteiger partial charge is 0.338 e. The standard InChI is InChI=1S/C22H28O5.C19H26O6S/c1-16-20(23)19(15-25-13-17-9-5-3-6-10-17)27-22(24-2)21(16)26-14-18-11-7-4-8-12-18;1-5-26-18-16(24-17(20)12-9-7-6-8-10-12)15(21-4)14-13(23-18)11-22-19(2,3)25-14/h3-12,16,19-23H,13-15H2,1-2H3;6-10,13-16,18H,5,11H2,1-4H3/t16?,19-,20-,21?,22-;13?,14-,15-,16?,18+/m01/s1. The Labute approximate surface area is 317 Å². The zero-order valence-electron chi connectivity index (χ0n) is 31.4. The number of carbonyl (C=O) groups excluding carboxylic acids is 1. The van der Waals surface area contributed by atoms with Crippen LogP contribution in [0.3, 0.4) is 0 Å². The van der Waals surface area contributed by atoms with E-state index in [0.29, 0.717) is 32.0 Å². The van der Waals surface area contributed by atoms with Crippen molar-refractivity contribution in [3.8, 4) is 0 Å². The number of hydrogen-bond acceptors (Lipinski definition) is 12. The van der Waals surface area contributed by atoms with Crippen LogP contribution >= 0.6 is 11.8 Å². The van der Waals surface area contributed by atoms with E-state index in [1.54, 1.807) is 50.2 Å². The molecular formula is C41H54O11S. The van der Waals surface area contributed by atoms with Gasteiger partial charge in [-0.3, -0.25) is 0 Å². The highest BCUT2D eigenvalue weighted by atomic mass is 32.2. The molecule has 3 aromatic carbocycles. The lowest BCUT2D eigenvalue weighted by atomic mass is 9.90. The third-order valence-electron chi connectivity index (χ3n) is 9.39. The van der Waals surface area contributed by atoms with Gasteiger partial charge < -0.3 is 47.7 Å². The van der Waals surface area contributed by atoms with Crippen LogP contribution in [0.1, 0.15) is 49.2 Å². The quantitative estimate of drug-likeness (QED) is 0.206. The van der Waals surface area contributed by atoms with Crippen LogP contribution in [-0.4, -0.2) is 105 Å². The zero-order valence-corrected chi connectivity index (χ0v) is 32.2. The van der Waals surface area contributed by atoms with Gasteiger partial charge in [0.05, 0.1) is 38.1 Å². The maximum absolute atomic E-state index is 12.6. The Morgan fingerprint density at radius 2 is 1.47 bits per heavy atom. The number of ether oxygens (including phenoxy) is 9. The highest BCUT2D eigenvalue weighted by Crippen LogP contribution is 2.38. The van der Waals surface area contributed by atoms with Gasteiger partial charge in [0.15, 0.2) is 18.2 Å². The summed E-state index contributed by atoms with van der Waals surface area (Å²) in [5, 5.41) is 10.7. The zero-order chi connectivity index (χ0) is 37.8. The summed E-state index contributed by atoms with van der Waals surface area (Å²) in [5.41, 5.74) is 2.32. The largest absolute Gasteiger partial charge is 0.452 e. The number of thioether (sulfide) groups is 1. The summed E-state index contributed by atoms with van der Waals surface area (Å²) in [7, 11) is 3.20. The predicted molar refractivity (Wildman–Crippen MR) is 200 cm³/mol. The van der Waals surface area contributed by atoms with Crippen molar-refractivity contribution in [3.63, 3.8) is 0 Å². The predicted octanol–water partition coefficient (Wildman–Crippen LogP) is 6.01. The maximum Gasteiger partial charge on any atom is 0.338 e. The van der Waals surface area contributed by atoms with Gasteiger partial charge in [-0.2, -0.15) is 0 Å². The molecule has 53 heavy (non-hydrogen) atoms. The molecule has 0 radical (unpaired) electrons. The summed E-state index contributed by atoms with van der Waals surface area (Å²) in [6.07, 6.45) is -3.68. The fourth-order valence-electron chi connectivity index (χ4n) is 6.56. The molecule has 6 rings (SSSR count). The fourth-order valence-corrected chi connectivity index (χ4v) is 7.51. The second kappa shape index (κ2) is 20.2. The molecule has 10 atom stereocenters. The van der Waals surface area contributed by atoms with Crippen LogP contribution in [0.15, 0.2) is 91.0 Å². The van der Waals surface area contributed by atoms with Crippen LogP contribution in [0.25, 0.3) is 0 Å². The van der Waals surface area contributed by atoms with Gasteiger partial charge in [-0.1, -0.05) is 92.7 Å². The first-order valence-corrected chi connectivity index (χ1v) is 19.2. The molecule has 0 aliphatic carbocycles. The topological polar surface area (TPSA) is 120 Å². The summed E-state index contributed by atoms with van der Waals surface area (Å²) in [5.74, 6) is -0.448. The molecule has 3 aliphatic rings. The number of esters is 1. The van der Waals surface area contributed by atoms with E-state index in [-0.39, 0.29) is 29.7 Å². The van der Waals surface area contributed by atoms with E-state index in [1.807, 2.05) is 94.4 Å². The molecule has 0 spiro atoms. The molecule has 4 unspecified atom stereocenters. The molecule has 0 saturated carbocycles. The molecule has 3 fully saturated rings. The van der Waals surface area contributed by atoms with E-state index in [1.165, 1.54) is 0 Å². The van der Waals surface area contributed by atoms with Crippen LogP contribution in [0.4, 0.5) is 0 Å². The highest BCUT2D eigenvalue weighted by molar-refractivity contribution is 7.99. The monoisotopic (exact) mass is 754 g/mol. The van der Waals surface area contributed by atoms with Crippen LogP contribution in [0, 0.1) is 5.92 Å². The van der Waals surface area contributed by atoms with E-state index in [9.17, 15) is 9.90 Å². The average molecular weight is 755 g/mol. The second-order valence-electron chi connectivity index (χ2n) is 13.6. The first-order chi connectivity index (χ1) is 25.6. The minimum Gasteiger partial charge on any atom is -0.452 e. The molecule has 3 saturated heterocycles. The lowest BCUT2D eigenvalue weighted by Crippen LogP contribution is -2.65. The molecule has 3 aliphatic heterocycles. The molecule has 0 amide bonds. The van der Waals surface area contributed by atoms with Crippen molar-refractivity contribution in [1.29, 1.82) is 0 Å². The molecule has 1 N–H and O–H groups in total. The first kappa shape index (κ1) is 41.3. The van der Waals surface area contributed by atoms with Crippen LogP contribution < -0.4 is 0 Å². The third-order valence-corrected chi connectivity index (χ3v) is 10.4. The second-order valence-corrected chi connectivity index (χ2v) is 15.0. The minimum atomic E-state index is -0.736. The number of fused-ring (bicyclic) bond motifs is 1. The summed E-state index contributed by atoms with van der Waals surface area (Å²) in [6.45, 7) is 9.34. The van der Waals surface area contributed by atoms with E-state index >= 15 is 0 Å². The Balaban J connectivity index is 0.000000204. The molecule has 3 heterocycles. The van der Waals surface area contributed by atoms with E-state index in [2.05, 4.69) is 0 Å². The summed E-state index contributed by atoms with van der Waals surface area (Å²) < 4.78 is 52.7. The summed E-state index contributed by atoms with van der Waals surface area (Å²) >= 11 is 1.58. The normalized spacial score (nSPS) is 30.7. The van der Waals surface area contributed by atoms with Crippen molar-refractivity contribution >= 4 is 17.7 Å². The number of aliphatic hydroxyl groups is 1. The number of rotatable bonds is 13. The van der Waals surface area contributed by atoms with Gasteiger partial charge in [-0.05, 0) is 42.9 Å². The average Bonchev–Trinajstić information content (AvgIpc) is 3.17. The molecule has 11 nitrogen and oxygen atoms in total. The fraction of sp³-hybridized carbons (Fsp3) is 0.537. The van der Waals surface area contributed by atoms with Gasteiger partial charge >= 0.3 is 5.97 Å². The van der Waals surface area contributed by atoms with E-state index < -0.39 is 42.5 Å². The van der Waals surface area contributed by atoms with Gasteiger partial charge in [-0.25, -0.2) is 4.79 Å². The van der Waals surface area contributed by atoms with E-state index in [4.69, 9.17) is 42.6 Å². The Hall–Kier alpha value is -2.88. The van der Waals surface area contributed by atoms with Crippen LogP contribution in [-0.2, 0) is 55.8 Å². The SMILES string of the molecule is CCS[C@@H]1OC2COC(C)(C)O[C@H]2[C@@H](OC)C1OC(=O)c1ccccc1.CO[C@H]1O[C@@H](COCc2ccccc2)[C@@H](O)C(C)C1OCc1ccccc1. The van der Waals surface area contributed by atoms with Crippen molar-refractivity contribution in [2.45, 2.75) is 101 Å². The molecule has 12 heteroatoms.